The standard InChI is InChI=1S/C24H27Cl2F3N4/c1-16(31-21-13-18(25)12-19(26)14-21)30-20-10-17(24(27,28)29)11-23(15-20)33-8-4-22(5-9-33)32-6-2-3-7-32/h10-15,22,30-31H,1-9H2. The summed E-state index contributed by atoms with van der Waals surface area (Å²) in [6.45, 7) is 7.63. The highest BCUT2D eigenvalue weighted by Crippen LogP contribution is 2.36. The van der Waals surface area contributed by atoms with Crippen LogP contribution in [0.15, 0.2) is 48.8 Å². The van der Waals surface area contributed by atoms with E-state index in [1.54, 1.807) is 24.3 Å². The number of alkyl halides is 3. The number of hydrogen-bond acceptors (Lipinski definition) is 4. The van der Waals surface area contributed by atoms with E-state index in [1.807, 2.05) is 4.90 Å². The molecular weight excluding hydrogens is 472 g/mol. The van der Waals surface area contributed by atoms with Gasteiger partial charge in [-0.25, -0.2) is 0 Å². The minimum atomic E-state index is -4.45. The Morgan fingerprint density at radius 1 is 0.848 bits per heavy atom. The van der Waals surface area contributed by atoms with Gasteiger partial charge < -0.3 is 20.4 Å². The van der Waals surface area contributed by atoms with E-state index in [-0.39, 0.29) is 0 Å². The second-order valence-corrected chi connectivity index (χ2v) is 9.49. The average Bonchev–Trinajstić information content (AvgIpc) is 3.27. The molecule has 0 bridgehead atoms. The summed E-state index contributed by atoms with van der Waals surface area (Å²) in [5.41, 5.74) is 0.766. The molecule has 0 amide bonds. The highest BCUT2D eigenvalue weighted by Gasteiger charge is 2.33. The van der Waals surface area contributed by atoms with Crippen LogP contribution in [0.5, 0.6) is 0 Å². The molecule has 2 aromatic rings. The van der Waals surface area contributed by atoms with E-state index in [9.17, 15) is 13.2 Å². The number of nitrogens with one attached hydrogen (secondary N) is 2. The Labute approximate surface area is 202 Å². The predicted octanol–water partition coefficient (Wildman–Crippen LogP) is 7.07. The molecule has 0 spiro atoms. The summed E-state index contributed by atoms with van der Waals surface area (Å²) < 4.78 is 40.9. The summed E-state index contributed by atoms with van der Waals surface area (Å²) in [7, 11) is 0. The van der Waals surface area contributed by atoms with Gasteiger partial charge in [-0.1, -0.05) is 29.8 Å². The first kappa shape index (κ1) is 24.0. The molecule has 4 nitrogen and oxygen atoms in total. The normalized spacial score (nSPS) is 17.9. The number of hydrogen-bond donors (Lipinski definition) is 2. The summed E-state index contributed by atoms with van der Waals surface area (Å²) in [6, 6.07) is 9.50. The SMILES string of the molecule is C=C(Nc1cc(Cl)cc(Cl)c1)Nc1cc(N2CCC(N3CCCC3)CC2)cc(C(F)(F)F)c1. The number of rotatable bonds is 6. The van der Waals surface area contributed by atoms with Crippen LogP contribution in [0.2, 0.25) is 10.0 Å². The Morgan fingerprint density at radius 2 is 1.42 bits per heavy atom. The van der Waals surface area contributed by atoms with E-state index < -0.39 is 11.7 Å². The fourth-order valence-electron chi connectivity index (χ4n) is 4.63. The summed E-state index contributed by atoms with van der Waals surface area (Å²) in [5.74, 6) is 0.311. The van der Waals surface area contributed by atoms with Gasteiger partial charge in [0.25, 0.3) is 0 Å². The molecule has 0 radical (unpaired) electrons. The van der Waals surface area contributed by atoms with Crippen LogP contribution in [0.25, 0.3) is 0 Å². The van der Waals surface area contributed by atoms with Gasteiger partial charge in [-0.05, 0) is 75.2 Å². The highest BCUT2D eigenvalue weighted by molar-refractivity contribution is 6.35. The minimum Gasteiger partial charge on any atom is -0.371 e. The molecule has 4 rings (SSSR count). The second kappa shape index (κ2) is 10.0. The lowest BCUT2D eigenvalue weighted by molar-refractivity contribution is -0.137. The Kier molecular flexibility index (Phi) is 7.31. The fraction of sp³-hybridized carbons (Fsp3) is 0.417. The zero-order valence-corrected chi connectivity index (χ0v) is 19.7. The Balaban J connectivity index is 1.48. The quantitative estimate of drug-likeness (QED) is 0.445. The third kappa shape index (κ3) is 6.28. The van der Waals surface area contributed by atoms with Gasteiger partial charge in [0.05, 0.1) is 5.56 Å². The van der Waals surface area contributed by atoms with Crippen LogP contribution >= 0.6 is 23.2 Å². The van der Waals surface area contributed by atoms with E-state index in [4.69, 9.17) is 23.2 Å². The molecule has 178 valence electrons. The fourth-order valence-corrected chi connectivity index (χ4v) is 5.16. The lowest BCUT2D eigenvalue weighted by atomic mass is 10.0. The second-order valence-electron chi connectivity index (χ2n) is 8.61. The van der Waals surface area contributed by atoms with E-state index in [1.165, 1.54) is 18.9 Å². The predicted molar refractivity (Wildman–Crippen MR) is 130 cm³/mol. The molecule has 33 heavy (non-hydrogen) atoms. The van der Waals surface area contributed by atoms with Crippen LogP contribution in [-0.2, 0) is 6.18 Å². The highest BCUT2D eigenvalue weighted by atomic mass is 35.5. The molecule has 0 atom stereocenters. The molecule has 2 heterocycles. The number of halogens is 5. The number of likely N-dealkylation sites (tertiary alicyclic amines) is 1. The first-order valence-corrected chi connectivity index (χ1v) is 11.8. The van der Waals surface area contributed by atoms with Crippen LogP contribution in [-0.4, -0.2) is 37.1 Å². The van der Waals surface area contributed by atoms with Crippen molar-refractivity contribution in [3.8, 4) is 0 Å². The molecule has 0 aliphatic carbocycles. The van der Waals surface area contributed by atoms with E-state index in [0.29, 0.717) is 39.0 Å². The molecular formula is C24H27Cl2F3N4. The molecule has 2 N–H and O–H groups in total. The third-order valence-corrected chi connectivity index (χ3v) is 6.62. The van der Waals surface area contributed by atoms with E-state index >= 15 is 0 Å². The lowest BCUT2D eigenvalue weighted by Gasteiger charge is -2.38. The van der Waals surface area contributed by atoms with Gasteiger partial charge in [0.2, 0.25) is 0 Å². The van der Waals surface area contributed by atoms with Gasteiger partial charge in [-0.3, -0.25) is 0 Å². The van der Waals surface area contributed by atoms with Gasteiger partial charge in [0, 0.05) is 46.2 Å². The first-order chi connectivity index (χ1) is 15.7. The molecule has 2 saturated heterocycles. The van der Waals surface area contributed by atoms with Crippen LogP contribution in [0.1, 0.15) is 31.2 Å². The topological polar surface area (TPSA) is 30.5 Å². The molecule has 2 aliphatic heterocycles. The largest absolute Gasteiger partial charge is 0.416 e. The zero-order chi connectivity index (χ0) is 23.6. The van der Waals surface area contributed by atoms with Crippen molar-refractivity contribution in [2.75, 3.05) is 41.7 Å². The zero-order valence-electron chi connectivity index (χ0n) is 18.2. The molecule has 9 heteroatoms. The number of benzene rings is 2. The molecule has 2 aliphatic rings. The summed E-state index contributed by atoms with van der Waals surface area (Å²) in [5, 5.41) is 6.82. The average molecular weight is 499 g/mol. The molecule has 0 unspecified atom stereocenters. The van der Waals surface area contributed by atoms with Crippen molar-refractivity contribution in [2.45, 2.75) is 37.9 Å². The smallest absolute Gasteiger partial charge is 0.371 e. The van der Waals surface area contributed by atoms with Crippen molar-refractivity contribution in [1.29, 1.82) is 0 Å². The number of nitrogens with zero attached hydrogens (tertiary/aromatic N) is 2. The Morgan fingerprint density at radius 3 is 2.00 bits per heavy atom. The van der Waals surface area contributed by atoms with Gasteiger partial charge in [0.1, 0.15) is 5.82 Å². The van der Waals surface area contributed by atoms with Gasteiger partial charge in [0.15, 0.2) is 0 Å². The van der Waals surface area contributed by atoms with Crippen LogP contribution in [0.4, 0.5) is 30.2 Å². The molecule has 2 aromatic carbocycles. The van der Waals surface area contributed by atoms with Crippen LogP contribution in [0, 0.1) is 0 Å². The van der Waals surface area contributed by atoms with Crippen molar-refractivity contribution in [3.05, 3.63) is 64.4 Å². The maximum absolute atomic E-state index is 13.6. The Hall–Kier alpha value is -2.09. The maximum atomic E-state index is 13.6. The summed E-state index contributed by atoms with van der Waals surface area (Å²) in [4.78, 5) is 4.56. The molecule has 0 saturated carbocycles. The Bertz CT molecular complexity index is 977. The molecule has 2 fully saturated rings. The van der Waals surface area contributed by atoms with Crippen molar-refractivity contribution in [3.63, 3.8) is 0 Å². The van der Waals surface area contributed by atoms with Gasteiger partial charge in [-0.15, -0.1) is 0 Å². The third-order valence-electron chi connectivity index (χ3n) is 6.18. The van der Waals surface area contributed by atoms with Crippen molar-refractivity contribution >= 4 is 40.3 Å². The van der Waals surface area contributed by atoms with E-state index in [2.05, 4.69) is 22.1 Å². The summed E-state index contributed by atoms with van der Waals surface area (Å²) in [6.07, 6.45) is -0.0501. The number of anilines is 3. The minimum absolute atomic E-state index is 0.311. The monoisotopic (exact) mass is 498 g/mol. The van der Waals surface area contributed by atoms with Crippen molar-refractivity contribution in [1.82, 2.24) is 4.90 Å². The van der Waals surface area contributed by atoms with Crippen LogP contribution < -0.4 is 15.5 Å². The molecule has 0 aromatic heterocycles. The van der Waals surface area contributed by atoms with Crippen LogP contribution in [0.3, 0.4) is 0 Å². The first-order valence-electron chi connectivity index (χ1n) is 11.1. The van der Waals surface area contributed by atoms with Gasteiger partial charge >= 0.3 is 6.18 Å². The van der Waals surface area contributed by atoms with Crippen molar-refractivity contribution < 1.29 is 13.2 Å². The van der Waals surface area contributed by atoms with Gasteiger partial charge in [-0.2, -0.15) is 13.2 Å². The lowest BCUT2D eigenvalue weighted by Crippen LogP contribution is -2.43. The maximum Gasteiger partial charge on any atom is 0.416 e. The van der Waals surface area contributed by atoms with Crippen molar-refractivity contribution in [2.24, 2.45) is 0 Å². The summed E-state index contributed by atoms with van der Waals surface area (Å²) >= 11 is 12.0. The number of piperidine rings is 1. The van der Waals surface area contributed by atoms with E-state index in [0.717, 1.165) is 45.1 Å².